The lowest BCUT2D eigenvalue weighted by atomic mass is 9.93. The standard InChI is InChI=1S/C13H14N2O2/c14-11-3-1-9(2-4-11)10-5-6-13(15)12(7-10)16-8-17-13/h1-7,12H,8,14-15H2. The molecule has 3 rings (SSSR count). The van der Waals surface area contributed by atoms with Gasteiger partial charge < -0.3 is 15.2 Å². The number of nitrogens with two attached hydrogens (primary N) is 2. The van der Waals surface area contributed by atoms with Crippen molar-refractivity contribution >= 4 is 11.3 Å². The zero-order valence-corrected chi connectivity index (χ0v) is 9.30. The molecule has 2 atom stereocenters. The van der Waals surface area contributed by atoms with Crippen LogP contribution >= 0.6 is 0 Å². The van der Waals surface area contributed by atoms with E-state index in [2.05, 4.69) is 0 Å². The number of hydrogen-bond acceptors (Lipinski definition) is 4. The third-order valence-electron chi connectivity index (χ3n) is 3.10. The van der Waals surface area contributed by atoms with E-state index in [0.29, 0.717) is 0 Å². The van der Waals surface area contributed by atoms with Gasteiger partial charge in [0.25, 0.3) is 0 Å². The molecule has 4 N–H and O–H groups in total. The molecule has 4 nitrogen and oxygen atoms in total. The minimum absolute atomic E-state index is 0.222. The van der Waals surface area contributed by atoms with Crippen LogP contribution in [-0.4, -0.2) is 18.6 Å². The van der Waals surface area contributed by atoms with Crippen molar-refractivity contribution in [2.24, 2.45) is 5.73 Å². The van der Waals surface area contributed by atoms with Gasteiger partial charge >= 0.3 is 0 Å². The molecule has 0 bridgehead atoms. The summed E-state index contributed by atoms with van der Waals surface area (Å²) in [6.45, 7) is 0.233. The molecular formula is C13H14N2O2. The Morgan fingerprint density at radius 3 is 2.76 bits per heavy atom. The molecule has 0 radical (unpaired) electrons. The molecule has 1 aliphatic heterocycles. The summed E-state index contributed by atoms with van der Waals surface area (Å²) in [5.74, 6) is 0. The maximum Gasteiger partial charge on any atom is 0.169 e. The zero-order valence-electron chi connectivity index (χ0n) is 9.30. The molecular weight excluding hydrogens is 216 g/mol. The molecule has 0 aromatic heterocycles. The highest BCUT2D eigenvalue weighted by molar-refractivity contribution is 5.76. The van der Waals surface area contributed by atoms with Crippen molar-refractivity contribution in [2.45, 2.75) is 11.8 Å². The smallest absolute Gasteiger partial charge is 0.169 e. The van der Waals surface area contributed by atoms with Gasteiger partial charge in [-0.25, -0.2) is 0 Å². The summed E-state index contributed by atoms with van der Waals surface area (Å²) in [5, 5.41) is 0. The van der Waals surface area contributed by atoms with E-state index < -0.39 is 5.72 Å². The average Bonchev–Trinajstić information content (AvgIpc) is 2.70. The minimum atomic E-state index is -0.808. The molecule has 2 unspecified atom stereocenters. The fraction of sp³-hybridized carbons (Fsp3) is 0.231. The van der Waals surface area contributed by atoms with Crippen molar-refractivity contribution in [1.29, 1.82) is 0 Å². The van der Waals surface area contributed by atoms with Crippen LogP contribution in [0.1, 0.15) is 5.56 Å². The van der Waals surface area contributed by atoms with Gasteiger partial charge in [-0.3, -0.25) is 5.73 Å². The van der Waals surface area contributed by atoms with Crippen molar-refractivity contribution < 1.29 is 9.47 Å². The van der Waals surface area contributed by atoms with E-state index in [0.717, 1.165) is 16.8 Å². The van der Waals surface area contributed by atoms with Gasteiger partial charge in [0, 0.05) is 5.69 Å². The maximum atomic E-state index is 6.03. The number of allylic oxidation sites excluding steroid dienone is 2. The van der Waals surface area contributed by atoms with Crippen LogP contribution in [0.5, 0.6) is 0 Å². The van der Waals surface area contributed by atoms with E-state index in [1.165, 1.54) is 0 Å². The molecule has 1 saturated heterocycles. The maximum absolute atomic E-state index is 6.03. The predicted octanol–water partition coefficient (Wildman–Crippen LogP) is 1.25. The molecule has 0 amide bonds. The minimum Gasteiger partial charge on any atom is -0.399 e. The van der Waals surface area contributed by atoms with E-state index in [4.69, 9.17) is 20.9 Å². The molecule has 4 heteroatoms. The monoisotopic (exact) mass is 230 g/mol. The first-order valence-electron chi connectivity index (χ1n) is 5.49. The summed E-state index contributed by atoms with van der Waals surface area (Å²) in [6.07, 6.45) is 5.56. The Bertz CT molecular complexity index is 493. The molecule has 1 heterocycles. The SMILES string of the molecule is Nc1ccc(C2=CC3OCOC3(N)C=C2)cc1. The second kappa shape index (κ2) is 3.70. The average molecular weight is 230 g/mol. The Balaban J connectivity index is 1.93. The first-order chi connectivity index (χ1) is 8.17. The predicted molar refractivity (Wildman–Crippen MR) is 65.7 cm³/mol. The Hall–Kier alpha value is -1.62. The molecule has 0 spiro atoms. The number of hydrogen-bond donors (Lipinski definition) is 2. The summed E-state index contributed by atoms with van der Waals surface area (Å²) >= 11 is 0. The number of fused-ring (bicyclic) bond motifs is 1. The number of anilines is 1. The second-order valence-electron chi connectivity index (χ2n) is 4.28. The van der Waals surface area contributed by atoms with Crippen LogP contribution in [0.4, 0.5) is 5.69 Å². The van der Waals surface area contributed by atoms with E-state index in [1.54, 1.807) is 0 Å². The van der Waals surface area contributed by atoms with Crippen LogP contribution < -0.4 is 11.5 Å². The van der Waals surface area contributed by atoms with Crippen molar-refractivity contribution in [3.05, 3.63) is 48.1 Å². The highest BCUT2D eigenvalue weighted by Crippen LogP contribution is 2.32. The van der Waals surface area contributed by atoms with Gasteiger partial charge in [0.05, 0.1) is 0 Å². The first kappa shape index (κ1) is 10.5. The Labute approximate surface area is 99.5 Å². The highest BCUT2D eigenvalue weighted by atomic mass is 16.7. The van der Waals surface area contributed by atoms with Crippen LogP contribution in [0.2, 0.25) is 0 Å². The zero-order chi connectivity index (χ0) is 11.9. The second-order valence-corrected chi connectivity index (χ2v) is 4.28. The molecule has 1 aliphatic carbocycles. The quantitative estimate of drug-likeness (QED) is 0.712. The van der Waals surface area contributed by atoms with Crippen LogP contribution in [0.25, 0.3) is 5.57 Å². The normalized spacial score (nSPS) is 31.1. The molecule has 0 saturated carbocycles. The van der Waals surface area contributed by atoms with Crippen LogP contribution in [0.3, 0.4) is 0 Å². The van der Waals surface area contributed by atoms with Crippen molar-refractivity contribution in [2.75, 3.05) is 12.5 Å². The number of rotatable bonds is 1. The summed E-state index contributed by atoms with van der Waals surface area (Å²) < 4.78 is 10.8. The lowest BCUT2D eigenvalue weighted by Crippen LogP contribution is -2.47. The van der Waals surface area contributed by atoms with Crippen molar-refractivity contribution in [3.8, 4) is 0 Å². The largest absolute Gasteiger partial charge is 0.399 e. The van der Waals surface area contributed by atoms with Gasteiger partial charge in [0.2, 0.25) is 0 Å². The van der Waals surface area contributed by atoms with Gasteiger partial charge in [-0.15, -0.1) is 0 Å². The summed E-state index contributed by atoms with van der Waals surface area (Å²) in [7, 11) is 0. The highest BCUT2D eigenvalue weighted by Gasteiger charge is 2.40. The first-order valence-corrected chi connectivity index (χ1v) is 5.49. The number of benzene rings is 1. The van der Waals surface area contributed by atoms with E-state index >= 15 is 0 Å². The third kappa shape index (κ3) is 1.76. The fourth-order valence-corrected chi connectivity index (χ4v) is 2.05. The topological polar surface area (TPSA) is 70.5 Å². The van der Waals surface area contributed by atoms with Crippen LogP contribution in [0, 0.1) is 0 Å². The van der Waals surface area contributed by atoms with Gasteiger partial charge in [-0.2, -0.15) is 0 Å². The van der Waals surface area contributed by atoms with Crippen LogP contribution in [-0.2, 0) is 9.47 Å². The Kier molecular flexibility index (Phi) is 2.29. The molecule has 2 aliphatic rings. The van der Waals surface area contributed by atoms with Gasteiger partial charge in [0.1, 0.15) is 6.10 Å². The Morgan fingerprint density at radius 1 is 1.24 bits per heavy atom. The molecule has 1 aromatic carbocycles. The summed E-state index contributed by atoms with van der Waals surface area (Å²) in [5.41, 5.74) is 13.8. The van der Waals surface area contributed by atoms with E-state index in [9.17, 15) is 0 Å². The lowest BCUT2D eigenvalue weighted by molar-refractivity contribution is 0.0202. The van der Waals surface area contributed by atoms with Crippen LogP contribution in [0.15, 0.2) is 42.5 Å². The van der Waals surface area contributed by atoms with Gasteiger partial charge in [-0.1, -0.05) is 18.2 Å². The van der Waals surface area contributed by atoms with E-state index in [1.807, 2.05) is 42.5 Å². The lowest BCUT2D eigenvalue weighted by Gasteiger charge is -2.26. The number of nitrogen functional groups attached to an aromatic ring is 1. The van der Waals surface area contributed by atoms with Crippen molar-refractivity contribution in [1.82, 2.24) is 0 Å². The Morgan fingerprint density at radius 2 is 2.00 bits per heavy atom. The van der Waals surface area contributed by atoms with E-state index in [-0.39, 0.29) is 12.9 Å². The van der Waals surface area contributed by atoms with Gasteiger partial charge in [-0.05, 0) is 35.4 Å². The van der Waals surface area contributed by atoms with Crippen molar-refractivity contribution in [3.63, 3.8) is 0 Å². The molecule has 1 aromatic rings. The molecule has 88 valence electrons. The summed E-state index contributed by atoms with van der Waals surface area (Å²) in [6, 6.07) is 7.70. The molecule has 1 fully saturated rings. The number of ether oxygens (including phenoxy) is 2. The van der Waals surface area contributed by atoms with Gasteiger partial charge in [0.15, 0.2) is 12.5 Å². The fourth-order valence-electron chi connectivity index (χ4n) is 2.05. The molecule has 17 heavy (non-hydrogen) atoms. The third-order valence-corrected chi connectivity index (χ3v) is 3.10. The summed E-state index contributed by atoms with van der Waals surface area (Å²) in [4.78, 5) is 0.